The Bertz CT molecular complexity index is 643. The van der Waals surface area contributed by atoms with Crippen LogP contribution in [0.3, 0.4) is 0 Å². The summed E-state index contributed by atoms with van der Waals surface area (Å²) in [6, 6.07) is 0.401. The van der Waals surface area contributed by atoms with Crippen molar-refractivity contribution in [1.82, 2.24) is 4.90 Å². The predicted molar refractivity (Wildman–Crippen MR) is 67.9 cm³/mol. The zero-order valence-corrected chi connectivity index (χ0v) is 11.8. The second kappa shape index (κ2) is 4.31. The summed E-state index contributed by atoms with van der Waals surface area (Å²) in [5.41, 5.74) is 0. The van der Waals surface area contributed by atoms with Crippen LogP contribution in [0.1, 0.15) is 20.3 Å². The Morgan fingerprint density at radius 1 is 1.55 bits per heavy atom. The maximum Gasteiger partial charge on any atom is 0.328 e. The highest BCUT2D eigenvalue weighted by Crippen LogP contribution is 2.49. The Balaban J connectivity index is 2.40. The monoisotopic (exact) mass is 298 g/mol. The highest BCUT2D eigenvalue weighted by atomic mass is 32.2. The van der Waals surface area contributed by atoms with Crippen molar-refractivity contribution < 1.29 is 23.1 Å². The Kier molecular flexibility index (Phi) is 3.13. The maximum absolute atomic E-state index is 12.4. The molecular formula is C12H14N2O5S. The number of sulfone groups is 1. The van der Waals surface area contributed by atoms with Gasteiger partial charge >= 0.3 is 5.97 Å². The smallest absolute Gasteiger partial charge is 0.328 e. The van der Waals surface area contributed by atoms with Crippen LogP contribution in [0.5, 0.6) is 0 Å². The van der Waals surface area contributed by atoms with Gasteiger partial charge in [-0.15, -0.1) is 0 Å². The summed E-state index contributed by atoms with van der Waals surface area (Å²) < 4.78 is 23.3. The highest BCUT2D eigenvalue weighted by molar-refractivity contribution is 7.93. The lowest BCUT2D eigenvalue weighted by atomic mass is 9.89. The fraction of sp³-hybridized carbons (Fsp3) is 0.583. The number of rotatable bonds is 3. The molecule has 0 radical (unpaired) electrons. The van der Waals surface area contributed by atoms with E-state index in [4.69, 9.17) is 5.26 Å². The fourth-order valence-corrected chi connectivity index (χ4v) is 5.23. The van der Waals surface area contributed by atoms with Crippen LogP contribution in [0.2, 0.25) is 0 Å². The average Bonchev–Trinajstić information content (AvgIpc) is 2.48. The molecule has 0 spiro atoms. The number of nitriles is 1. The molecule has 7 nitrogen and oxygen atoms in total. The van der Waals surface area contributed by atoms with Crippen molar-refractivity contribution in [2.75, 3.05) is 0 Å². The number of amides is 1. The largest absolute Gasteiger partial charge is 0.480 e. The topological polar surface area (TPSA) is 116 Å². The van der Waals surface area contributed by atoms with Crippen molar-refractivity contribution in [1.29, 1.82) is 5.26 Å². The van der Waals surface area contributed by atoms with Gasteiger partial charge in [0.15, 0.2) is 9.84 Å². The van der Waals surface area contributed by atoms with Gasteiger partial charge in [-0.1, -0.05) is 6.08 Å². The Hall–Kier alpha value is -1.88. The quantitative estimate of drug-likeness (QED) is 0.574. The first kappa shape index (κ1) is 14.5. The number of carbonyl (C=O) groups excluding carboxylic acids is 1. The molecule has 2 rings (SSSR count). The van der Waals surface area contributed by atoms with E-state index < -0.39 is 43.8 Å². The summed E-state index contributed by atoms with van der Waals surface area (Å²) in [6.45, 7) is 2.66. The van der Waals surface area contributed by atoms with Crippen LogP contribution in [-0.4, -0.2) is 46.5 Å². The number of allylic oxidation sites excluding steroid dienone is 2. The third-order valence-corrected chi connectivity index (χ3v) is 6.88. The van der Waals surface area contributed by atoms with E-state index in [0.29, 0.717) is 0 Å². The van der Waals surface area contributed by atoms with E-state index in [9.17, 15) is 23.1 Å². The third-order valence-electron chi connectivity index (χ3n) is 3.99. The summed E-state index contributed by atoms with van der Waals surface area (Å²) in [7, 11) is -3.77. The molecule has 2 saturated heterocycles. The summed E-state index contributed by atoms with van der Waals surface area (Å²) in [5.74, 6) is -2.60. The zero-order chi connectivity index (χ0) is 15.3. The number of hydrogen-bond acceptors (Lipinski definition) is 5. The molecule has 1 amide bonds. The van der Waals surface area contributed by atoms with Gasteiger partial charge in [0.2, 0.25) is 5.91 Å². The average molecular weight is 298 g/mol. The lowest BCUT2D eigenvalue weighted by Gasteiger charge is -2.42. The predicted octanol–water partition coefficient (Wildman–Crippen LogP) is -0.0990. The number of aliphatic carboxylic acids is 1. The molecule has 0 bridgehead atoms. The van der Waals surface area contributed by atoms with E-state index in [1.54, 1.807) is 6.07 Å². The number of β-lactam (4-membered cyclic amide) rings is 1. The number of carboxylic acid groups (broad SMARTS) is 1. The normalized spacial score (nSPS) is 33.5. The minimum Gasteiger partial charge on any atom is -0.480 e. The lowest BCUT2D eigenvalue weighted by molar-refractivity contribution is -0.163. The van der Waals surface area contributed by atoms with Crippen LogP contribution in [0.25, 0.3) is 0 Å². The van der Waals surface area contributed by atoms with E-state index in [0.717, 1.165) is 4.90 Å². The van der Waals surface area contributed by atoms with Gasteiger partial charge in [0.05, 0.1) is 16.7 Å². The summed E-state index contributed by atoms with van der Waals surface area (Å²) >= 11 is 0. The second-order valence-electron chi connectivity index (χ2n) is 5.40. The van der Waals surface area contributed by atoms with Crippen molar-refractivity contribution in [2.24, 2.45) is 5.92 Å². The van der Waals surface area contributed by atoms with Gasteiger partial charge < -0.3 is 10.0 Å². The van der Waals surface area contributed by atoms with Crippen LogP contribution in [-0.2, 0) is 19.4 Å². The van der Waals surface area contributed by atoms with Crippen LogP contribution in [0, 0.1) is 17.2 Å². The van der Waals surface area contributed by atoms with E-state index in [2.05, 4.69) is 0 Å². The summed E-state index contributed by atoms with van der Waals surface area (Å²) in [5, 5.41) is 16.5. The molecular weight excluding hydrogens is 284 g/mol. The van der Waals surface area contributed by atoms with Gasteiger partial charge in [0.25, 0.3) is 0 Å². The first-order valence-corrected chi connectivity index (χ1v) is 7.55. The first-order valence-electron chi connectivity index (χ1n) is 6.01. The molecule has 2 aliphatic heterocycles. The molecule has 0 aliphatic carbocycles. The molecule has 0 saturated carbocycles. The van der Waals surface area contributed by atoms with E-state index in [-0.39, 0.29) is 6.42 Å². The first-order chi connectivity index (χ1) is 9.17. The number of carbonyl (C=O) groups is 2. The molecule has 2 aliphatic rings. The van der Waals surface area contributed by atoms with Crippen molar-refractivity contribution in [3.8, 4) is 6.07 Å². The molecule has 2 heterocycles. The molecule has 0 aromatic carbocycles. The standard InChI is InChI=1S/C12H14N2O5S/c1-12(2)8(11(16)17)14-9(15)7(5-3-4-6-13)10(14)20(12,18)19/h3-4,7-8,10H,5H2,1-2H3,(H,16,17)/b4-3+/t7?,8-,10-/m0/s1. The Labute approximate surface area is 116 Å². The van der Waals surface area contributed by atoms with Crippen LogP contribution >= 0.6 is 0 Å². The molecule has 1 unspecified atom stereocenters. The molecule has 1 N–H and O–H groups in total. The Morgan fingerprint density at radius 2 is 2.15 bits per heavy atom. The molecule has 20 heavy (non-hydrogen) atoms. The fourth-order valence-electron chi connectivity index (χ4n) is 2.89. The second-order valence-corrected chi connectivity index (χ2v) is 8.02. The van der Waals surface area contributed by atoms with Crippen molar-refractivity contribution >= 4 is 21.7 Å². The van der Waals surface area contributed by atoms with Crippen LogP contribution in [0.15, 0.2) is 12.2 Å². The molecule has 0 aromatic rings. The van der Waals surface area contributed by atoms with Crippen molar-refractivity contribution in [3.05, 3.63) is 12.2 Å². The molecule has 2 fully saturated rings. The van der Waals surface area contributed by atoms with Gasteiger partial charge in [0, 0.05) is 6.08 Å². The van der Waals surface area contributed by atoms with Gasteiger partial charge in [-0.05, 0) is 20.3 Å². The lowest BCUT2D eigenvalue weighted by Crippen LogP contribution is -2.63. The number of fused-ring (bicyclic) bond motifs is 1. The maximum atomic E-state index is 12.4. The van der Waals surface area contributed by atoms with Crippen molar-refractivity contribution in [3.63, 3.8) is 0 Å². The molecule has 0 aromatic heterocycles. The van der Waals surface area contributed by atoms with Gasteiger partial charge in [-0.3, -0.25) is 4.79 Å². The van der Waals surface area contributed by atoms with Crippen LogP contribution < -0.4 is 0 Å². The van der Waals surface area contributed by atoms with E-state index >= 15 is 0 Å². The Morgan fingerprint density at radius 3 is 2.65 bits per heavy atom. The summed E-state index contributed by atoms with van der Waals surface area (Å²) in [4.78, 5) is 24.2. The van der Waals surface area contributed by atoms with Crippen LogP contribution in [0.4, 0.5) is 0 Å². The summed E-state index contributed by atoms with van der Waals surface area (Å²) in [6.07, 6.45) is 2.73. The third kappa shape index (κ3) is 1.59. The van der Waals surface area contributed by atoms with Gasteiger partial charge in [0.1, 0.15) is 11.4 Å². The number of nitrogens with zero attached hydrogens (tertiary/aromatic N) is 2. The number of hydrogen-bond donors (Lipinski definition) is 1. The molecule has 8 heteroatoms. The zero-order valence-electron chi connectivity index (χ0n) is 11.0. The highest BCUT2D eigenvalue weighted by Gasteiger charge is 2.71. The van der Waals surface area contributed by atoms with E-state index in [1.165, 1.54) is 26.0 Å². The van der Waals surface area contributed by atoms with E-state index in [1.807, 2.05) is 0 Å². The SMILES string of the molecule is CC1(C)[C@H](C(=O)O)N2C(=O)C(C/C=C/C#N)[C@@H]2S1(=O)=O. The minimum absolute atomic E-state index is 0.120. The molecule has 108 valence electrons. The van der Waals surface area contributed by atoms with Gasteiger partial charge in [-0.2, -0.15) is 5.26 Å². The number of carboxylic acids is 1. The van der Waals surface area contributed by atoms with Crippen molar-refractivity contribution in [2.45, 2.75) is 36.4 Å². The molecule has 3 atom stereocenters. The minimum atomic E-state index is -3.77. The van der Waals surface area contributed by atoms with Gasteiger partial charge in [-0.25, -0.2) is 13.2 Å².